The van der Waals surface area contributed by atoms with Crippen LogP contribution in [0.2, 0.25) is 0 Å². The molecule has 2 nitrogen and oxygen atoms in total. The second kappa shape index (κ2) is 4.97. The van der Waals surface area contributed by atoms with Gasteiger partial charge >= 0.3 is 6.18 Å². The quantitative estimate of drug-likeness (QED) is 0.616. The summed E-state index contributed by atoms with van der Waals surface area (Å²) in [7, 11) is 0. The molecule has 0 radical (unpaired) electrons. The highest BCUT2D eigenvalue weighted by atomic mass is 32.2. The minimum atomic E-state index is -4.40. The van der Waals surface area contributed by atoms with Crippen LogP contribution in [0.5, 0.6) is 0 Å². The van der Waals surface area contributed by atoms with E-state index in [1.807, 2.05) is 24.5 Å². The lowest BCUT2D eigenvalue weighted by molar-refractivity contribution is -0.636. The van der Waals surface area contributed by atoms with Gasteiger partial charge in [-0.25, -0.2) is 4.98 Å². The van der Waals surface area contributed by atoms with Crippen LogP contribution in [-0.2, 0) is 6.18 Å². The Morgan fingerprint density at radius 3 is 2.50 bits per heavy atom. The van der Waals surface area contributed by atoms with Crippen LogP contribution in [-0.4, -0.2) is 11.2 Å². The number of pyridine rings is 2. The molecular formula is C12H10F3N2S+. The fourth-order valence-corrected chi connectivity index (χ4v) is 2.08. The van der Waals surface area contributed by atoms with Crippen molar-refractivity contribution in [3.05, 3.63) is 48.4 Å². The first kappa shape index (κ1) is 12.9. The lowest BCUT2D eigenvalue weighted by atomic mass is 10.3. The number of rotatable bonds is 2. The Kier molecular flexibility index (Phi) is 3.56. The third-order valence-corrected chi connectivity index (χ3v) is 3.10. The summed E-state index contributed by atoms with van der Waals surface area (Å²) in [5, 5.41) is 0.930. The standard InChI is InChI=1S/C12H10F3N2S/c1-18-11-4-2-3-7-17(11)9-5-6-10(16-8-9)12(13,14)15/h2-8H,1H3/q+1. The second-order valence-corrected chi connectivity index (χ2v) is 4.34. The van der Waals surface area contributed by atoms with E-state index in [1.165, 1.54) is 24.0 Å². The minimum Gasteiger partial charge on any atom is -0.245 e. The monoisotopic (exact) mass is 271 g/mol. The Balaban J connectivity index is 2.41. The molecule has 94 valence electrons. The summed E-state index contributed by atoms with van der Waals surface area (Å²) in [5.41, 5.74) is -0.276. The zero-order valence-electron chi connectivity index (χ0n) is 9.48. The molecule has 0 aromatic carbocycles. The number of thioether (sulfide) groups is 1. The Bertz CT molecular complexity index is 538. The molecule has 18 heavy (non-hydrogen) atoms. The van der Waals surface area contributed by atoms with Crippen LogP contribution < -0.4 is 4.57 Å². The van der Waals surface area contributed by atoms with E-state index < -0.39 is 11.9 Å². The fraction of sp³-hybridized carbons (Fsp3) is 0.167. The van der Waals surface area contributed by atoms with Crippen molar-refractivity contribution >= 4 is 11.8 Å². The highest BCUT2D eigenvalue weighted by molar-refractivity contribution is 7.98. The van der Waals surface area contributed by atoms with Gasteiger partial charge in [-0.05, 0) is 18.4 Å². The molecule has 0 saturated heterocycles. The van der Waals surface area contributed by atoms with E-state index in [-0.39, 0.29) is 0 Å². The molecule has 0 amide bonds. The van der Waals surface area contributed by atoms with Crippen LogP contribution in [0, 0.1) is 0 Å². The molecule has 2 rings (SSSR count). The Morgan fingerprint density at radius 1 is 1.17 bits per heavy atom. The van der Waals surface area contributed by atoms with Gasteiger partial charge in [-0.3, -0.25) is 0 Å². The molecule has 0 N–H and O–H groups in total. The van der Waals surface area contributed by atoms with E-state index >= 15 is 0 Å². The molecule has 0 fully saturated rings. The van der Waals surface area contributed by atoms with Crippen LogP contribution in [0.1, 0.15) is 5.69 Å². The highest BCUT2D eigenvalue weighted by Crippen LogP contribution is 2.27. The van der Waals surface area contributed by atoms with Gasteiger partial charge in [0.2, 0.25) is 10.7 Å². The zero-order valence-corrected chi connectivity index (χ0v) is 10.3. The average Bonchev–Trinajstić information content (AvgIpc) is 2.38. The maximum Gasteiger partial charge on any atom is 0.433 e. The summed E-state index contributed by atoms with van der Waals surface area (Å²) in [6.45, 7) is 0. The van der Waals surface area contributed by atoms with Crippen molar-refractivity contribution in [2.24, 2.45) is 0 Å². The van der Waals surface area contributed by atoms with Crippen LogP contribution >= 0.6 is 11.8 Å². The first-order chi connectivity index (χ1) is 8.52. The van der Waals surface area contributed by atoms with Crippen molar-refractivity contribution < 1.29 is 17.7 Å². The van der Waals surface area contributed by atoms with Gasteiger partial charge in [-0.15, -0.1) is 0 Å². The summed E-state index contributed by atoms with van der Waals surface area (Å²) in [4.78, 5) is 3.45. The molecule has 0 aliphatic rings. The number of hydrogen-bond donors (Lipinski definition) is 0. The number of alkyl halides is 3. The van der Waals surface area contributed by atoms with Gasteiger partial charge in [-0.2, -0.15) is 17.7 Å². The van der Waals surface area contributed by atoms with Crippen LogP contribution in [0.4, 0.5) is 13.2 Å². The van der Waals surface area contributed by atoms with Crippen LogP contribution in [0.15, 0.2) is 47.8 Å². The average molecular weight is 271 g/mol. The summed E-state index contributed by atoms with van der Waals surface area (Å²) < 4.78 is 39.0. The van der Waals surface area contributed by atoms with Crippen LogP contribution in [0.25, 0.3) is 5.69 Å². The molecule has 0 unspecified atom stereocenters. The minimum absolute atomic E-state index is 0.605. The first-order valence-electron chi connectivity index (χ1n) is 5.10. The molecule has 0 bridgehead atoms. The number of nitrogens with zero attached hydrogens (tertiary/aromatic N) is 2. The number of hydrogen-bond acceptors (Lipinski definition) is 2. The molecule has 6 heteroatoms. The van der Waals surface area contributed by atoms with Crippen molar-refractivity contribution in [3.63, 3.8) is 0 Å². The van der Waals surface area contributed by atoms with E-state index in [0.717, 1.165) is 11.1 Å². The largest absolute Gasteiger partial charge is 0.433 e. The maximum atomic E-state index is 12.4. The van der Waals surface area contributed by atoms with Crippen molar-refractivity contribution in [1.82, 2.24) is 4.98 Å². The highest BCUT2D eigenvalue weighted by Gasteiger charge is 2.32. The van der Waals surface area contributed by atoms with E-state index in [1.54, 1.807) is 10.8 Å². The van der Waals surface area contributed by atoms with Crippen molar-refractivity contribution in [1.29, 1.82) is 0 Å². The van der Waals surface area contributed by atoms with E-state index in [4.69, 9.17) is 0 Å². The normalized spacial score (nSPS) is 11.6. The number of halogens is 3. The third-order valence-electron chi connectivity index (χ3n) is 2.35. The smallest absolute Gasteiger partial charge is 0.245 e. The Morgan fingerprint density at radius 2 is 1.94 bits per heavy atom. The molecular weight excluding hydrogens is 261 g/mol. The van der Waals surface area contributed by atoms with E-state index in [2.05, 4.69) is 4.98 Å². The van der Waals surface area contributed by atoms with Gasteiger partial charge in [0.25, 0.3) is 0 Å². The molecule has 2 heterocycles. The Hall–Kier alpha value is -1.56. The molecule has 0 atom stereocenters. The zero-order chi connectivity index (χ0) is 13.2. The topological polar surface area (TPSA) is 16.8 Å². The van der Waals surface area contributed by atoms with Gasteiger partial charge in [-0.1, -0.05) is 11.8 Å². The van der Waals surface area contributed by atoms with Crippen molar-refractivity contribution in [2.45, 2.75) is 11.2 Å². The molecule has 0 aliphatic heterocycles. The summed E-state index contributed by atoms with van der Waals surface area (Å²) in [5.74, 6) is 0. The third kappa shape index (κ3) is 2.64. The van der Waals surface area contributed by atoms with Gasteiger partial charge in [0.15, 0.2) is 6.20 Å². The Labute approximate surface area is 106 Å². The van der Waals surface area contributed by atoms with Crippen LogP contribution in [0.3, 0.4) is 0 Å². The van der Waals surface area contributed by atoms with Gasteiger partial charge < -0.3 is 0 Å². The van der Waals surface area contributed by atoms with Crippen molar-refractivity contribution in [2.75, 3.05) is 6.26 Å². The van der Waals surface area contributed by atoms with Gasteiger partial charge in [0.1, 0.15) is 5.69 Å². The van der Waals surface area contributed by atoms with Gasteiger partial charge in [0, 0.05) is 18.2 Å². The molecule has 0 saturated carbocycles. The molecule has 2 aromatic rings. The number of aromatic nitrogens is 2. The predicted octanol–water partition coefficient (Wildman–Crippen LogP) is 3.10. The molecule has 0 spiro atoms. The summed E-state index contributed by atoms with van der Waals surface area (Å²) >= 11 is 1.51. The predicted molar refractivity (Wildman–Crippen MR) is 62.6 cm³/mol. The summed E-state index contributed by atoms with van der Waals surface area (Å²) in [6, 6.07) is 7.98. The first-order valence-corrected chi connectivity index (χ1v) is 6.33. The lowest BCUT2D eigenvalue weighted by Gasteiger charge is -2.05. The SMILES string of the molecule is CSc1cccc[n+]1-c1ccc(C(F)(F)F)nc1. The van der Waals surface area contributed by atoms with Gasteiger partial charge in [0.05, 0.1) is 6.20 Å². The fourth-order valence-electron chi connectivity index (χ4n) is 1.50. The molecule has 0 aliphatic carbocycles. The van der Waals surface area contributed by atoms with E-state index in [0.29, 0.717) is 5.69 Å². The lowest BCUT2D eigenvalue weighted by Crippen LogP contribution is -2.32. The molecule has 2 aromatic heterocycles. The summed E-state index contributed by atoms with van der Waals surface area (Å²) in [6.07, 6.45) is 0.518. The van der Waals surface area contributed by atoms with E-state index in [9.17, 15) is 13.2 Å². The second-order valence-electron chi connectivity index (χ2n) is 3.51. The maximum absolute atomic E-state index is 12.4. The van der Waals surface area contributed by atoms with Crippen molar-refractivity contribution in [3.8, 4) is 5.69 Å².